The largest absolute Gasteiger partial charge is 0.289 e. The lowest BCUT2D eigenvalue weighted by Crippen LogP contribution is -2.04. The first-order valence-corrected chi connectivity index (χ1v) is 6.60. The Morgan fingerprint density at radius 2 is 1.74 bits per heavy atom. The first-order chi connectivity index (χ1) is 8.91. The van der Waals surface area contributed by atoms with Gasteiger partial charge >= 0.3 is 0 Å². The highest BCUT2D eigenvalue weighted by molar-refractivity contribution is 9.10. The number of rotatable bonds is 2. The van der Waals surface area contributed by atoms with Crippen LogP contribution in [0.5, 0.6) is 0 Å². The number of benzene rings is 2. The lowest BCUT2D eigenvalue weighted by Gasteiger charge is -2.06. The molecule has 98 valence electrons. The van der Waals surface area contributed by atoms with Crippen LogP contribution in [0.15, 0.2) is 34.8 Å². The van der Waals surface area contributed by atoms with Crippen LogP contribution in [0.4, 0.5) is 8.78 Å². The van der Waals surface area contributed by atoms with Crippen molar-refractivity contribution in [2.24, 2.45) is 0 Å². The molecular weight excluding hydrogens is 361 g/mol. The van der Waals surface area contributed by atoms with E-state index in [0.29, 0.717) is 5.02 Å². The Bertz CT molecular complexity index is 674. The summed E-state index contributed by atoms with van der Waals surface area (Å²) in [5.41, 5.74) is 0.249. The monoisotopic (exact) mass is 364 g/mol. The van der Waals surface area contributed by atoms with E-state index in [4.69, 9.17) is 23.2 Å². The third-order valence-corrected chi connectivity index (χ3v) is 3.98. The van der Waals surface area contributed by atoms with Crippen LogP contribution in [0.1, 0.15) is 15.9 Å². The van der Waals surface area contributed by atoms with Crippen molar-refractivity contribution in [1.82, 2.24) is 0 Å². The first kappa shape index (κ1) is 14.4. The lowest BCUT2D eigenvalue weighted by molar-refractivity contribution is 0.103. The molecule has 6 heteroatoms. The van der Waals surface area contributed by atoms with Gasteiger partial charge < -0.3 is 0 Å². The van der Waals surface area contributed by atoms with Gasteiger partial charge in [-0.3, -0.25) is 4.79 Å². The topological polar surface area (TPSA) is 17.1 Å². The Labute approximate surface area is 126 Å². The summed E-state index contributed by atoms with van der Waals surface area (Å²) in [6.45, 7) is 0. The van der Waals surface area contributed by atoms with E-state index >= 15 is 0 Å². The van der Waals surface area contributed by atoms with Gasteiger partial charge in [0.05, 0.1) is 14.5 Å². The third-order valence-electron chi connectivity index (χ3n) is 2.46. The molecule has 0 bridgehead atoms. The minimum absolute atomic E-state index is 0.0114. The Balaban J connectivity index is 2.50. The second-order valence-electron chi connectivity index (χ2n) is 3.68. The van der Waals surface area contributed by atoms with Gasteiger partial charge in [0.15, 0.2) is 17.4 Å². The molecule has 0 amide bonds. The summed E-state index contributed by atoms with van der Waals surface area (Å²) in [7, 11) is 0. The van der Waals surface area contributed by atoms with Crippen LogP contribution in [-0.2, 0) is 0 Å². The summed E-state index contributed by atoms with van der Waals surface area (Å²) in [5, 5.41) is 0.522. The minimum atomic E-state index is -1.11. The van der Waals surface area contributed by atoms with E-state index in [1.165, 1.54) is 24.3 Å². The lowest BCUT2D eigenvalue weighted by atomic mass is 10.0. The van der Waals surface area contributed by atoms with Crippen molar-refractivity contribution in [3.05, 3.63) is 67.6 Å². The maximum absolute atomic E-state index is 13.4. The van der Waals surface area contributed by atoms with Crippen LogP contribution >= 0.6 is 39.1 Å². The maximum Gasteiger partial charge on any atom is 0.194 e. The van der Waals surface area contributed by atoms with Gasteiger partial charge in [-0.25, -0.2) is 8.78 Å². The van der Waals surface area contributed by atoms with Crippen LogP contribution in [0.25, 0.3) is 0 Å². The van der Waals surface area contributed by atoms with Crippen molar-refractivity contribution in [2.45, 2.75) is 0 Å². The smallest absolute Gasteiger partial charge is 0.194 e. The SMILES string of the molecule is O=C(c1ccc(Cl)c(Cl)c1)c1ccc(F)c(F)c1Br. The predicted octanol–water partition coefficient (Wildman–Crippen LogP) is 5.27. The van der Waals surface area contributed by atoms with Gasteiger partial charge in [0.2, 0.25) is 0 Å². The van der Waals surface area contributed by atoms with Gasteiger partial charge in [0, 0.05) is 11.1 Å². The molecule has 0 aliphatic heterocycles. The Hall–Kier alpha value is -0.970. The molecule has 2 aromatic rings. The molecule has 0 N–H and O–H groups in total. The molecule has 0 radical (unpaired) electrons. The fourth-order valence-electron chi connectivity index (χ4n) is 1.49. The summed E-state index contributed by atoms with van der Waals surface area (Å²) in [6.07, 6.45) is 0. The van der Waals surface area contributed by atoms with Crippen molar-refractivity contribution in [1.29, 1.82) is 0 Å². The summed E-state index contributed by atoms with van der Waals surface area (Å²) in [4.78, 5) is 12.2. The molecule has 0 saturated carbocycles. The predicted molar refractivity (Wildman–Crippen MR) is 74.0 cm³/mol. The van der Waals surface area contributed by atoms with Gasteiger partial charge in [-0.1, -0.05) is 23.2 Å². The summed E-state index contributed by atoms with van der Waals surface area (Å²) >= 11 is 14.4. The zero-order valence-corrected chi connectivity index (χ0v) is 12.3. The van der Waals surface area contributed by atoms with Crippen LogP contribution < -0.4 is 0 Å². The number of hydrogen-bond donors (Lipinski definition) is 0. The molecule has 1 nitrogen and oxygen atoms in total. The molecular formula is C13H5BrCl2F2O. The number of halogens is 5. The van der Waals surface area contributed by atoms with Gasteiger partial charge in [-0.2, -0.15) is 0 Å². The molecule has 2 aromatic carbocycles. The molecule has 19 heavy (non-hydrogen) atoms. The first-order valence-electron chi connectivity index (χ1n) is 5.05. The summed E-state index contributed by atoms with van der Waals surface area (Å²) < 4.78 is 26.2. The van der Waals surface area contributed by atoms with Gasteiger partial charge in [-0.15, -0.1) is 0 Å². The van der Waals surface area contributed by atoms with Crippen LogP contribution in [0.2, 0.25) is 10.0 Å². The van der Waals surface area contributed by atoms with E-state index in [2.05, 4.69) is 15.9 Å². The van der Waals surface area contributed by atoms with E-state index in [-0.39, 0.29) is 20.6 Å². The van der Waals surface area contributed by atoms with Crippen molar-refractivity contribution in [3.63, 3.8) is 0 Å². The van der Waals surface area contributed by atoms with E-state index in [9.17, 15) is 13.6 Å². The molecule has 0 fully saturated rings. The van der Waals surface area contributed by atoms with Crippen LogP contribution in [0, 0.1) is 11.6 Å². The summed E-state index contributed by atoms with van der Waals surface area (Å²) in [5.74, 6) is -2.62. The summed E-state index contributed by atoms with van der Waals surface area (Å²) in [6, 6.07) is 6.40. The minimum Gasteiger partial charge on any atom is -0.289 e. The standard InChI is InChI=1S/C13H5BrCl2F2O/c14-11-7(2-4-10(17)12(11)18)13(19)6-1-3-8(15)9(16)5-6/h1-5H. The fourth-order valence-corrected chi connectivity index (χ4v) is 2.29. The van der Waals surface area contributed by atoms with Gasteiger partial charge in [0.1, 0.15) is 0 Å². The third kappa shape index (κ3) is 2.81. The second-order valence-corrected chi connectivity index (χ2v) is 5.29. The van der Waals surface area contributed by atoms with Crippen molar-refractivity contribution < 1.29 is 13.6 Å². The molecule has 0 aliphatic carbocycles. The molecule has 0 aromatic heterocycles. The molecule has 2 rings (SSSR count). The van der Waals surface area contributed by atoms with E-state index in [1.807, 2.05) is 0 Å². The quantitative estimate of drug-likeness (QED) is 0.523. The highest BCUT2D eigenvalue weighted by Crippen LogP contribution is 2.28. The van der Waals surface area contributed by atoms with E-state index in [0.717, 1.165) is 6.07 Å². The van der Waals surface area contributed by atoms with Crippen molar-refractivity contribution >= 4 is 44.9 Å². The number of carbonyl (C=O) groups is 1. The highest BCUT2D eigenvalue weighted by atomic mass is 79.9. The van der Waals surface area contributed by atoms with Crippen molar-refractivity contribution in [2.75, 3.05) is 0 Å². The normalized spacial score (nSPS) is 10.6. The number of ketones is 1. The molecule has 0 atom stereocenters. The Morgan fingerprint density at radius 3 is 2.37 bits per heavy atom. The van der Waals surface area contributed by atoms with E-state index < -0.39 is 17.4 Å². The maximum atomic E-state index is 13.4. The average molecular weight is 366 g/mol. The van der Waals surface area contributed by atoms with Crippen LogP contribution in [-0.4, -0.2) is 5.78 Å². The van der Waals surface area contributed by atoms with Gasteiger partial charge in [0.25, 0.3) is 0 Å². The zero-order chi connectivity index (χ0) is 14.2. The van der Waals surface area contributed by atoms with Crippen LogP contribution in [0.3, 0.4) is 0 Å². The molecule has 0 heterocycles. The average Bonchev–Trinajstić information content (AvgIpc) is 2.39. The van der Waals surface area contributed by atoms with Gasteiger partial charge in [-0.05, 0) is 46.3 Å². The molecule has 0 spiro atoms. The Morgan fingerprint density at radius 1 is 1.05 bits per heavy atom. The van der Waals surface area contributed by atoms with E-state index in [1.54, 1.807) is 0 Å². The molecule has 0 aliphatic rings. The number of hydrogen-bond acceptors (Lipinski definition) is 1. The second kappa shape index (κ2) is 5.57. The number of carbonyl (C=O) groups excluding carboxylic acids is 1. The van der Waals surface area contributed by atoms with Crippen molar-refractivity contribution in [3.8, 4) is 0 Å². The Kier molecular flexibility index (Phi) is 4.23. The fraction of sp³-hybridized carbons (Fsp3) is 0. The highest BCUT2D eigenvalue weighted by Gasteiger charge is 2.18. The molecule has 0 saturated heterocycles. The zero-order valence-electron chi connectivity index (χ0n) is 9.18. The molecule has 0 unspecified atom stereocenters.